The number of thiazole rings is 1. The molecule has 2 heterocycles. The highest BCUT2D eigenvalue weighted by molar-refractivity contribution is 7.17. The van der Waals surface area contributed by atoms with E-state index in [1.54, 1.807) is 0 Å². The molecule has 1 fully saturated rings. The van der Waals surface area contributed by atoms with Crippen molar-refractivity contribution in [1.29, 1.82) is 0 Å². The summed E-state index contributed by atoms with van der Waals surface area (Å²) < 4.78 is 0. The Morgan fingerprint density at radius 3 is 2.47 bits per heavy atom. The molecular formula is C14H23N3OS. The lowest BCUT2D eigenvalue weighted by molar-refractivity contribution is 0.112. The maximum atomic E-state index is 11.0. The SMILES string of the molecule is CCc1nc(N2CCN(C(C)CC)CC2)sc1C=O. The molecular weight excluding hydrogens is 258 g/mol. The number of hydrogen-bond acceptors (Lipinski definition) is 5. The summed E-state index contributed by atoms with van der Waals surface area (Å²) in [6.07, 6.45) is 2.97. The zero-order chi connectivity index (χ0) is 13.8. The van der Waals surface area contributed by atoms with Crippen LogP contribution in [-0.4, -0.2) is 48.4 Å². The average molecular weight is 281 g/mol. The largest absolute Gasteiger partial charge is 0.346 e. The Hall–Kier alpha value is -0.940. The predicted molar refractivity (Wildman–Crippen MR) is 80.4 cm³/mol. The minimum absolute atomic E-state index is 0.662. The number of aryl methyl sites for hydroxylation is 1. The molecule has 1 aromatic heterocycles. The molecule has 0 saturated carbocycles. The fourth-order valence-corrected chi connectivity index (χ4v) is 3.46. The fraction of sp³-hybridized carbons (Fsp3) is 0.714. The summed E-state index contributed by atoms with van der Waals surface area (Å²) in [5.41, 5.74) is 0.944. The van der Waals surface area contributed by atoms with Gasteiger partial charge in [0.1, 0.15) is 0 Å². The molecule has 1 unspecified atom stereocenters. The van der Waals surface area contributed by atoms with Gasteiger partial charge in [0.2, 0.25) is 0 Å². The van der Waals surface area contributed by atoms with E-state index in [-0.39, 0.29) is 0 Å². The van der Waals surface area contributed by atoms with Crippen LogP contribution in [0.5, 0.6) is 0 Å². The molecule has 106 valence electrons. The number of piperazine rings is 1. The van der Waals surface area contributed by atoms with E-state index in [2.05, 4.69) is 28.6 Å². The lowest BCUT2D eigenvalue weighted by Crippen LogP contribution is -2.49. The molecule has 19 heavy (non-hydrogen) atoms. The van der Waals surface area contributed by atoms with Gasteiger partial charge < -0.3 is 4.90 Å². The van der Waals surface area contributed by atoms with E-state index in [1.165, 1.54) is 17.8 Å². The number of anilines is 1. The van der Waals surface area contributed by atoms with Gasteiger partial charge in [-0.2, -0.15) is 0 Å². The van der Waals surface area contributed by atoms with Gasteiger partial charge in [0.15, 0.2) is 11.4 Å². The summed E-state index contributed by atoms with van der Waals surface area (Å²) in [7, 11) is 0. The van der Waals surface area contributed by atoms with E-state index >= 15 is 0 Å². The number of rotatable bonds is 5. The molecule has 0 N–H and O–H groups in total. The lowest BCUT2D eigenvalue weighted by atomic mass is 10.2. The van der Waals surface area contributed by atoms with Crippen LogP contribution in [0, 0.1) is 0 Å². The normalized spacial score (nSPS) is 18.6. The zero-order valence-electron chi connectivity index (χ0n) is 12.1. The highest BCUT2D eigenvalue weighted by Crippen LogP contribution is 2.26. The van der Waals surface area contributed by atoms with E-state index in [9.17, 15) is 4.79 Å². The van der Waals surface area contributed by atoms with Crippen molar-refractivity contribution in [2.75, 3.05) is 31.1 Å². The van der Waals surface area contributed by atoms with Crippen LogP contribution in [0.1, 0.15) is 42.6 Å². The first-order valence-electron chi connectivity index (χ1n) is 7.13. The van der Waals surface area contributed by atoms with Crippen LogP contribution >= 0.6 is 11.3 Å². The number of carbonyl (C=O) groups is 1. The first-order chi connectivity index (χ1) is 9.19. The molecule has 1 aliphatic rings. The van der Waals surface area contributed by atoms with Crippen LogP contribution in [0.2, 0.25) is 0 Å². The Bertz CT molecular complexity index is 424. The van der Waals surface area contributed by atoms with Crippen molar-refractivity contribution in [3.63, 3.8) is 0 Å². The van der Waals surface area contributed by atoms with Gasteiger partial charge in [0.05, 0.1) is 10.6 Å². The maximum Gasteiger partial charge on any atom is 0.186 e. The Balaban J connectivity index is 2.01. The highest BCUT2D eigenvalue weighted by atomic mass is 32.1. The van der Waals surface area contributed by atoms with E-state index in [0.29, 0.717) is 6.04 Å². The summed E-state index contributed by atoms with van der Waals surface area (Å²) in [6.45, 7) is 10.8. The minimum atomic E-state index is 0.662. The molecule has 0 aromatic carbocycles. The van der Waals surface area contributed by atoms with E-state index in [0.717, 1.165) is 54.6 Å². The van der Waals surface area contributed by atoms with Crippen molar-refractivity contribution in [1.82, 2.24) is 9.88 Å². The van der Waals surface area contributed by atoms with Crippen molar-refractivity contribution >= 4 is 22.8 Å². The van der Waals surface area contributed by atoms with E-state index in [4.69, 9.17) is 0 Å². The molecule has 1 aliphatic heterocycles. The van der Waals surface area contributed by atoms with Crippen LogP contribution in [-0.2, 0) is 6.42 Å². The van der Waals surface area contributed by atoms with Gasteiger partial charge in [-0.25, -0.2) is 4.98 Å². The topological polar surface area (TPSA) is 36.4 Å². The number of carbonyl (C=O) groups excluding carboxylic acids is 1. The number of aldehydes is 1. The van der Waals surface area contributed by atoms with E-state index < -0.39 is 0 Å². The Labute approximate surface area is 119 Å². The fourth-order valence-electron chi connectivity index (χ4n) is 2.44. The predicted octanol–water partition coefficient (Wildman–Crippen LogP) is 2.44. The third-order valence-corrected chi connectivity index (χ3v) is 5.04. The smallest absolute Gasteiger partial charge is 0.186 e. The Morgan fingerprint density at radius 1 is 1.32 bits per heavy atom. The molecule has 0 amide bonds. The number of hydrogen-bond donors (Lipinski definition) is 0. The Kier molecular flexibility index (Phi) is 4.93. The molecule has 0 aliphatic carbocycles. The molecule has 1 atom stereocenters. The van der Waals surface area contributed by atoms with Gasteiger partial charge in [-0.1, -0.05) is 25.2 Å². The van der Waals surface area contributed by atoms with Crippen molar-refractivity contribution < 1.29 is 4.79 Å². The van der Waals surface area contributed by atoms with Crippen LogP contribution in [0.15, 0.2) is 0 Å². The van der Waals surface area contributed by atoms with E-state index in [1.807, 2.05) is 6.92 Å². The lowest BCUT2D eigenvalue weighted by Gasteiger charge is -2.37. The molecule has 2 rings (SSSR count). The molecule has 1 saturated heterocycles. The highest BCUT2D eigenvalue weighted by Gasteiger charge is 2.22. The first kappa shape index (κ1) is 14.5. The van der Waals surface area contributed by atoms with Gasteiger partial charge >= 0.3 is 0 Å². The minimum Gasteiger partial charge on any atom is -0.346 e. The third-order valence-electron chi connectivity index (χ3n) is 3.96. The molecule has 0 bridgehead atoms. The van der Waals surface area contributed by atoms with Crippen LogP contribution in [0.25, 0.3) is 0 Å². The third kappa shape index (κ3) is 3.15. The van der Waals surface area contributed by atoms with Gasteiger partial charge in [0, 0.05) is 32.2 Å². The zero-order valence-corrected chi connectivity index (χ0v) is 12.9. The van der Waals surface area contributed by atoms with Gasteiger partial charge in [-0.3, -0.25) is 9.69 Å². The molecule has 4 nitrogen and oxygen atoms in total. The summed E-state index contributed by atoms with van der Waals surface area (Å²) >= 11 is 1.53. The van der Waals surface area contributed by atoms with Crippen molar-refractivity contribution in [2.45, 2.75) is 39.7 Å². The monoisotopic (exact) mass is 281 g/mol. The van der Waals surface area contributed by atoms with Crippen molar-refractivity contribution in [3.8, 4) is 0 Å². The van der Waals surface area contributed by atoms with Crippen molar-refractivity contribution in [3.05, 3.63) is 10.6 Å². The summed E-state index contributed by atoms with van der Waals surface area (Å²) in [5, 5.41) is 1.02. The Morgan fingerprint density at radius 2 is 2.00 bits per heavy atom. The standard InChI is InChI=1S/C14H23N3OS/c1-4-11(3)16-6-8-17(9-7-16)14-15-12(5-2)13(10-18)19-14/h10-11H,4-9H2,1-3H3. The quantitative estimate of drug-likeness (QED) is 0.777. The molecule has 0 radical (unpaired) electrons. The molecule has 1 aromatic rings. The van der Waals surface area contributed by atoms with Crippen LogP contribution in [0.3, 0.4) is 0 Å². The maximum absolute atomic E-state index is 11.0. The second-order valence-corrected chi connectivity index (χ2v) is 6.07. The number of nitrogens with zero attached hydrogens (tertiary/aromatic N) is 3. The van der Waals surface area contributed by atoms with Crippen LogP contribution in [0.4, 0.5) is 5.13 Å². The molecule has 0 spiro atoms. The second-order valence-electron chi connectivity index (χ2n) is 5.06. The van der Waals surface area contributed by atoms with Crippen molar-refractivity contribution in [2.24, 2.45) is 0 Å². The average Bonchev–Trinajstić information content (AvgIpc) is 2.89. The van der Waals surface area contributed by atoms with Gasteiger partial charge in [-0.15, -0.1) is 0 Å². The number of aromatic nitrogens is 1. The summed E-state index contributed by atoms with van der Waals surface area (Å²) in [5.74, 6) is 0. The second kappa shape index (κ2) is 6.48. The first-order valence-corrected chi connectivity index (χ1v) is 7.95. The summed E-state index contributed by atoms with van der Waals surface area (Å²) in [6, 6.07) is 0.662. The summed E-state index contributed by atoms with van der Waals surface area (Å²) in [4.78, 5) is 21.3. The molecule has 5 heteroatoms. The van der Waals surface area contributed by atoms with Gasteiger partial charge in [0.25, 0.3) is 0 Å². The van der Waals surface area contributed by atoms with Crippen LogP contribution < -0.4 is 4.90 Å². The van der Waals surface area contributed by atoms with Gasteiger partial charge in [-0.05, 0) is 19.8 Å².